The zero-order valence-corrected chi connectivity index (χ0v) is 16.7. The van der Waals surface area contributed by atoms with Crippen LogP contribution in [0.5, 0.6) is 5.75 Å². The molecule has 0 spiro atoms. The Kier molecular flexibility index (Phi) is 10.3. The summed E-state index contributed by atoms with van der Waals surface area (Å²) in [5, 5.41) is 10.1. The summed E-state index contributed by atoms with van der Waals surface area (Å²) in [5.41, 5.74) is 0.926. The summed E-state index contributed by atoms with van der Waals surface area (Å²) in [5.74, 6) is 0.404. The molecule has 3 heteroatoms. The van der Waals surface area contributed by atoms with Gasteiger partial charge in [-0.25, -0.2) is 4.79 Å². The second-order valence-electron chi connectivity index (χ2n) is 5.68. The third kappa shape index (κ3) is 6.78. The van der Waals surface area contributed by atoms with Crippen molar-refractivity contribution < 1.29 is 9.52 Å². The highest BCUT2D eigenvalue weighted by Crippen LogP contribution is 2.31. The zero-order valence-electron chi connectivity index (χ0n) is 16.7. The molecule has 27 heavy (non-hydrogen) atoms. The zero-order chi connectivity index (χ0) is 20.1. The van der Waals surface area contributed by atoms with E-state index in [9.17, 15) is 9.90 Å². The standard InChI is InChI=1S/C16H18O3.C6H6.C2H6/c1-3-12-10-14(17)15(16(18)19-12)13(4-2)11-8-6-5-7-9-11;1-2-4-6-5-3-1;1-2/h5-10,13,17H,3-4H2,1-2H3;1-6H;1-2H3. The normalized spacial score (nSPS) is 10.7. The van der Waals surface area contributed by atoms with Crippen LogP contribution in [0.15, 0.2) is 82.0 Å². The van der Waals surface area contributed by atoms with Crippen LogP contribution in [0.4, 0.5) is 0 Å². The fourth-order valence-corrected chi connectivity index (χ4v) is 2.71. The first kappa shape index (κ1) is 22.2. The third-order valence-corrected chi connectivity index (χ3v) is 3.99. The smallest absolute Gasteiger partial charge is 0.343 e. The van der Waals surface area contributed by atoms with Crippen molar-refractivity contribution in [3.8, 4) is 5.75 Å². The van der Waals surface area contributed by atoms with Gasteiger partial charge in [0.1, 0.15) is 11.5 Å². The van der Waals surface area contributed by atoms with Crippen LogP contribution in [0.3, 0.4) is 0 Å². The van der Waals surface area contributed by atoms with Gasteiger partial charge < -0.3 is 9.52 Å². The Morgan fingerprint density at radius 3 is 1.78 bits per heavy atom. The first-order valence-electron chi connectivity index (χ1n) is 9.58. The lowest BCUT2D eigenvalue weighted by Crippen LogP contribution is -2.14. The average molecular weight is 367 g/mol. The molecule has 3 nitrogen and oxygen atoms in total. The van der Waals surface area contributed by atoms with Gasteiger partial charge in [-0.3, -0.25) is 0 Å². The maximum Gasteiger partial charge on any atom is 0.343 e. The SMILES string of the molecule is CC.CCc1cc(O)c(C(CC)c2ccccc2)c(=O)o1.c1ccccc1. The molecule has 0 aliphatic rings. The van der Waals surface area contributed by atoms with Gasteiger partial charge in [0.25, 0.3) is 0 Å². The summed E-state index contributed by atoms with van der Waals surface area (Å²) in [6, 6.07) is 23.2. The van der Waals surface area contributed by atoms with Crippen LogP contribution in [-0.4, -0.2) is 5.11 Å². The first-order valence-corrected chi connectivity index (χ1v) is 9.58. The van der Waals surface area contributed by atoms with Gasteiger partial charge in [-0.05, 0) is 12.0 Å². The fourth-order valence-electron chi connectivity index (χ4n) is 2.71. The highest BCUT2D eigenvalue weighted by atomic mass is 16.4. The molecular formula is C24H30O3. The third-order valence-electron chi connectivity index (χ3n) is 3.99. The molecule has 0 bridgehead atoms. The Bertz CT molecular complexity index is 781. The van der Waals surface area contributed by atoms with Crippen molar-refractivity contribution in [1.82, 2.24) is 0 Å². The summed E-state index contributed by atoms with van der Waals surface area (Å²) in [6.45, 7) is 7.87. The molecule has 0 radical (unpaired) electrons. The van der Waals surface area contributed by atoms with Crippen LogP contribution in [0.1, 0.15) is 56.9 Å². The average Bonchev–Trinajstić information content (AvgIpc) is 2.74. The van der Waals surface area contributed by atoms with E-state index in [4.69, 9.17) is 4.42 Å². The van der Waals surface area contributed by atoms with E-state index in [1.165, 1.54) is 0 Å². The Labute approximate surface area is 162 Å². The highest BCUT2D eigenvalue weighted by Gasteiger charge is 2.21. The monoisotopic (exact) mass is 366 g/mol. The van der Waals surface area contributed by atoms with Gasteiger partial charge in [0, 0.05) is 18.4 Å². The molecule has 0 aliphatic heterocycles. The molecule has 1 heterocycles. The van der Waals surface area contributed by atoms with Gasteiger partial charge in [-0.2, -0.15) is 0 Å². The number of rotatable bonds is 4. The van der Waals surface area contributed by atoms with Gasteiger partial charge in [0.15, 0.2) is 0 Å². The minimum atomic E-state index is -0.437. The van der Waals surface area contributed by atoms with Gasteiger partial charge in [-0.15, -0.1) is 0 Å². The lowest BCUT2D eigenvalue weighted by atomic mass is 9.89. The van der Waals surface area contributed by atoms with Crippen LogP contribution in [0.25, 0.3) is 0 Å². The number of hydrogen-bond donors (Lipinski definition) is 1. The van der Waals surface area contributed by atoms with Crippen molar-refractivity contribution in [2.75, 3.05) is 0 Å². The molecule has 3 aromatic rings. The second-order valence-corrected chi connectivity index (χ2v) is 5.68. The molecule has 0 fully saturated rings. The number of aromatic hydroxyl groups is 1. The molecule has 3 rings (SSSR count). The number of hydrogen-bond acceptors (Lipinski definition) is 3. The summed E-state index contributed by atoms with van der Waals surface area (Å²) in [7, 11) is 0. The lowest BCUT2D eigenvalue weighted by Gasteiger charge is -2.16. The molecule has 1 aromatic heterocycles. The second kappa shape index (κ2) is 12.5. The maximum atomic E-state index is 12.1. The Balaban J connectivity index is 0.000000381. The van der Waals surface area contributed by atoms with Crippen LogP contribution in [0.2, 0.25) is 0 Å². The van der Waals surface area contributed by atoms with Gasteiger partial charge >= 0.3 is 5.63 Å². The van der Waals surface area contributed by atoms with E-state index >= 15 is 0 Å². The Morgan fingerprint density at radius 2 is 1.37 bits per heavy atom. The van der Waals surface area contributed by atoms with Crippen molar-refractivity contribution in [1.29, 1.82) is 0 Å². The predicted octanol–water partition coefficient (Wildman–Crippen LogP) is 6.16. The lowest BCUT2D eigenvalue weighted by molar-refractivity contribution is 0.409. The van der Waals surface area contributed by atoms with E-state index in [-0.39, 0.29) is 11.7 Å². The van der Waals surface area contributed by atoms with Crippen LogP contribution in [-0.2, 0) is 6.42 Å². The summed E-state index contributed by atoms with van der Waals surface area (Å²) < 4.78 is 5.23. The van der Waals surface area contributed by atoms with Gasteiger partial charge in [-0.1, -0.05) is 94.4 Å². The molecule has 0 aliphatic carbocycles. The molecule has 2 aromatic carbocycles. The molecule has 0 saturated heterocycles. The topological polar surface area (TPSA) is 50.4 Å². The van der Waals surface area contributed by atoms with Crippen molar-refractivity contribution >= 4 is 0 Å². The number of benzene rings is 2. The summed E-state index contributed by atoms with van der Waals surface area (Å²) >= 11 is 0. The Morgan fingerprint density at radius 1 is 0.889 bits per heavy atom. The van der Waals surface area contributed by atoms with Crippen molar-refractivity contribution in [3.63, 3.8) is 0 Å². The molecule has 1 N–H and O–H groups in total. The quantitative estimate of drug-likeness (QED) is 0.601. The first-order chi connectivity index (χ1) is 13.2. The van der Waals surface area contributed by atoms with Crippen molar-refractivity contribution in [3.05, 3.63) is 100 Å². The molecular weight excluding hydrogens is 336 g/mol. The van der Waals surface area contributed by atoms with Crippen LogP contribution < -0.4 is 5.63 Å². The molecule has 0 amide bonds. The van der Waals surface area contributed by atoms with Crippen LogP contribution in [0, 0.1) is 0 Å². The van der Waals surface area contributed by atoms with Crippen molar-refractivity contribution in [2.45, 2.75) is 46.5 Å². The van der Waals surface area contributed by atoms with Gasteiger partial charge in [0.05, 0.1) is 5.56 Å². The molecule has 1 unspecified atom stereocenters. The van der Waals surface area contributed by atoms with Crippen molar-refractivity contribution in [2.24, 2.45) is 0 Å². The summed E-state index contributed by atoms with van der Waals surface area (Å²) in [4.78, 5) is 12.1. The Hall–Kier alpha value is -2.81. The fraction of sp³-hybridized carbons (Fsp3) is 0.292. The van der Waals surface area contributed by atoms with E-state index in [2.05, 4.69) is 0 Å². The predicted molar refractivity (Wildman–Crippen MR) is 112 cm³/mol. The van der Waals surface area contributed by atoms with E-state index < -0.39 is 5.63 Å². The largest absolute Gasteiger partial charge is 0.507 e. The minimum Gasteiger partial charge on any atom is -0.507 e. The molecule has 0 saturated carbocycles. The maximum absolute atomic E-state index is 12.1. The summed E-state index contributed by atoms with van der Waals surface area (Å²) in [6.07, 6.45) is 1.32. The van der Waals surface area contributed by atoms with Crippen LogP contribution >= 0.6 is 0 Å². The van der Waals surface area contributed by atoms with E-state index in [0.29, 0.717) is 17.7 Å². The van der Waals surface area contributed by atoms with E-state index in [0.717, 1.165) is 12.0 Å². The van der Waals surface area contributed by atoms with E-state index in [1.54, 1.807) is 6.07 Å². The molecule has 1 atom stereocenters. The molecule has 144 valence electrons. The minimum absolute atomic E-state index is 0.0313. The highest BCUT2D eigenvalue weighted by molar-refractivity contribution is 5.39. The van der Waals surface area contributed by atoms with Gasteiger partial charge in [0.2, 0.25) is 0 Å². The number of aryl methyl sites for hydroxylation is 1. The van der Waals surface area contributed by atoms with E-state index in [1.807, 2.05) is 94.4 Å².